The van der Waals surface area contributed by atoms with Crippen LogP contribution in [0.15, 0.2) is 0 Å². The molecule has 3 saturated carbocycles. The summed E-state index contributed by atoms with van der Waals surface area (Å²) in [6.45, 7) is 11.9. The number of rotatable bonds is 11. The first-order valence-corrected chi connectivity index (χ1v) is 19.9. The Balaban J connectivity index is 1.34. The Bertz CT molecular complexity index is 1400. The second kappa shape index (κ2) is 13.5. The summed E-state index contributed by atoms with van der Waals surface area (Å²) >= 11 is 0. The third-order valence-electron chi connectivity index (χ3n) is 11.8. The average molecular weight is 692 g/mol. The molecule has 0 spiro atoms. The summed E-state index contributed by atoms with van der Waals surface area (Å²) in [4.78, 5) is 69.6. The Morgan fingerprint density at radius 1 is 0.917 bits per heavy atom. The zero-order valence-electron chi connectivity index (χ0n) is 29.7. The maximum absolute atomic E-state index is 14.5. The van der Waals surface area contributed by atoms with E-state index < -0.39 is 73.7 Å². The van der Waals surface area contributed by atoms with Crippen LogP contribution in [0.5, 0.6) is 0 Å². The third-order valence-corrected chi connectivity index (χ3v) is 14.2. The molecule has 5 aliphatic rings. The zero-order valence-corrected chi connectivity index (χ0v) is 30.5. The quantitative estimate of drug-likeness (QED) is 0.241. The van der Waals surface area contributed by atoms with Crippen LogP contribution in [0.2, 0.25) is 0 Å². The molecule has 6 atom stereocenters. The molecule has 2 aliphatic heterocycles. The number of hydrogen-bond donors (Lipinski definition) is 4. The molecule has 0 bridgehead atoms. The van der Waals surface area contributed by atoms with Crippen molar-refractivity contribution in [3.8, 4) is 0 Å². The number of fused-ring (bicyclic) bond motifs is 1. The molecule has 5 amide bonds. The lowest BCUT2D eigenvalue weighted by atomic mass is 9.77. The fourth-order valence-corrected chi connectivity index (χ4v) is 11.2. The molecule has 2 saturated heterocycles. The fraction of sp³-hybridized carbons (Fsp3) is 0.857. The van der Waals surface area contributed by atoms with Gasteiger partial charge in [0.15, 0.2) is 9.84 Å². The summed E-state index contributed by atoms with van der Waals surface area (Å²) in [5, 5.41) is 10.9. The highest BCUT2D eigenvalue weighted by atomic mass is 32.2. The van der Waals surface area contributed by atoms with Crippen LogP contribution in [0.1, 0.15) is 119 Å². The smallest absolute Gasteiger partial charge is 0.315 e. The molecule has 0 aromatic heterocycles. The van der Waals surface area contributed by atoms with Crippen molar-refractivity contribution in [2.45, 2.75) is 154 Å². The number of urea groups is 1. The van der Waals surface area contributed by atoms with Crippen molar-refractivity contribution in [3.05, 3.63) is 0 Å². The van der Waals surface area contributed by atoms with Crippen LogP contribution in [0.4, 0.5) is 4.79 Å². The molecule has 4 N–H and O–H groups in total. The van der Waals surface area contributed by atoms with Crippen molar-refractivity contribution in [1.82, 2.24) is 26.2 Å². The number of amides is 5. The van der Waals surface area contributed by atoms with E-state index in [1.54, 1.807) is 4.90 Å². The van der Waals surface area contributed by atoms with Crippen molar-refractivity contribution in [2.24, 2.45) is 22.7 Å². The highest BCUT2D eigenvalue weighted by Gasteiger charge is 2.70. The first-order valence-electron chi connectivity index (χ1n) is 18.2. The SMILES string of the molecule is CCCC(NC(=O)[C@@H]1[C@@H]2[C@H](CN1C(=O)[C@@H](NC(=O)NC1([C@H]3CCCCS3(=O)=O)CCCCC1)C(C)(C)C)C2(C)C)C(=O)C(=O)NC1CC1. The second-order valence-electron chi connectivity index (χ2n) is 16.8. The predicted octanol–water partition coefficient (Wildman–Crippen LogP) is 2.99. The number of sulfone groups is 1. The van der Waals surface area contributed by atoms with Crippen LogP contribution < -0.4 is 21.3 Å². The number of likely N-dealkylation sites (tertiary alicyclic amines) is 1. The molecule has 2 heterocycles. The third kappa shape index (κ3) is 7.40. The van der Waals surface area contributed by atoms with Gasteiger partial charge in [-0.15, -0.1) is 0 Å². The zero-order chi connectivity index (χ0) is 35.2. The molecule has 12 nitrogen and oxygen atoms in total. The monoisotopic (exact) mass is 691 g/mol. The topological polar surface area (TPSA) is 171 Å². The molecule has 270 valence electrons. The molecule has 3 aliphatic carbocycles. The summed E-state index contributed by atoms with van der Waals surface area (Å²) in [6, 6.07) is -3.43. The van der Waals surface area contributed by atoms with Gasteiger partial charge >= 0.3 is 6.03 Å². The van der Waals surface area contributed by atoms with Gasteiger partial charge in [0, 0.05) is 12.6 Å². The Labute approximate surface area is 286 Å². The Kier molecular flexibility index (Phi) is 10.3. The van der Waals surface area contributed by atoms with Crippen LogP contribution >= 0.6 is 0 Å². The van der Waals surface area contributed by atoms with Crippen molar-refractivity contribution in [1.29, 1.82) is 0 Å². The lowest BCUT2D eigenvalue weighted by molar-refractivity contribution is -0.145. The predicted molar refractivity (Wildman–Crippen MR) is 181 cm³/mol. The van der Waals surface area contributed by atoms with Gasteiger partial charge in [0.2, 0.25) is 17.6 Å². The van der Waals surface area contributed by atoms with E-state index in [0.717, 1.165) is 38.5 Å². The number of nitrogens with one attached hydrogen (secondary N) is 4. The Morgan fingerprint density at radius 3 is 2.17 bits per heavy atom. The van der Waals surface area contributed by atoms with Gasteiger partial charge in [0.05, 0.1) is 22.6 Å². The minimum atomic E-state index is -3.38. The first-order chi connectivity index (χ1) is 22.4. The number of nitrogens with zero attached hydrogens (tertiary/aromatic N) is 1. The van der Waals surface area contributed by atoms with Crippen molar-refractivity contribution in [3.63, 3.8) is 0 Å². The van der Waals surface area contributed by atoms with Crippen molar-refractivity contribution >= 4 is 39.4 Å². The minimum absolute atomic E-state index is 0.00878. The lowest BCUT2D eigenvalue weighted by Gasteiger charge is -2.45. The number of carbonyl (C=O) groups excluding carboxylic acids is 5. The normalized spacial score (nSPS) is 29.8. The van der Waals surface area contributed by atoms with Gasteiger partial charge in [-0.1, -0.05) is 73.6 Å². The van der Waals surface area contributed by atoms with Gasteiger partial charge < -0.3 is 26.2 Å². The number of hydrogen-bond acceptors (Lipinski definition) is 7. The van der Waals surface area contributed by atoms with E-state index in [0.29, 0.717) is 45.1 Å². The van der Waals surface area contributed by atoms with Crippen LogP contribution in [0.25, 0.3) is 0 Å². The standard InChI is InChI=1S/C35H57N5O7S/c1-7-13-23(27(41)30(43)36-21-15-16-21)37-29(42)26-25-22(34(25,5)6)20-40(26)31(44)28(33(2,3)4)38-32(45)39-35(17-10-8-11-18-35)24-14-9-12-19-48(24,46)47/h21-26,28H,7-20H2,1-6H3,(H,36,43)(H,37,42)(H2,38,39,45)/t22-,23?,24+,25-,26-,28+/m0/s1. The number of piperidine rings is 1. The number of ketones is 1. The van der Waals surface area contributed by atoms with Crippen molar-refractivity contribution in [2.75, 3.05) is 12.3 Å². The van der Waals surface area contributed by atoms with Gasteiger partial charge in [-0.05, 0) is 67.6 Å². The van der Waals surface area contributed by atoms with Gasteiger partial charge in [-0.3, -0.25) is 19.2 Å². The summed E-state index contributed by atoms with van der Waals surface area (Å²) in [5.74, 6) is -2.16. The Hall–Kier alpha value is -2.70. The average Bonchev–Trinajstić information content (AvgIpc) is 3.85. The fourth-order valence-electron chi connectivity index (χ4n) is 8.76. The number of carbonyl (C=O) groups is 5. The molecule has 5 fully saturated rings. The molecular weight excluding hydrogens is 634 g/mol. The first kappa shape index (κ1) is 36.6. The largest absolute Gasteiger partial charge is 0.347 e. The molecule has 0 aromatic rings. The molecule has 48 heavy (non-hydrogen) atoms. The van der Waals surface area contributed by atoms with Crippen LogP contribution in [0.3, 0.4) is 0 Å². The molecule has 1 unspecified atom stereocenters. The molecule has 13 heteroatoms. The van der Waals surface area contributed by atoms with Crippen molar-refractivity contribution < 1.29 is 32.4 Å². The lowest BCUT2D eigenvalue weighted by Crippen LogP contribution is -2.66. The molecule has 0 aromatic carbocycles. The van der Waals surface area contributed by atoms with E-state index in [2.05, 4.69) is 35.1 Å². The van der Waals surface area contributed by atoms with E-state index in [-0.39, 0.29) is 29.0 Å². The van der Waals surface area contributed by atoms with Gasteiger partial charge in [-0.25, -0.2) is 13.2 Å². The maximum Gasteiger partial charge on any atom is 0.315 e. The summed E-state index contributed by atoms with van der Waals surface area (Å²) < 4.78 is 26.5. The summed E-state index contributed by atoms with van der Waals surface area (Å²) in [6.07, 6.45) is 8.25. The van der Waals surface area contributed by atoms with Gasteiger partial charge in [0.1, 0.15) is 12.1 Å². The van der Waals surface area contributed by atoms with E-state index in [4.69, 9.17) is 0 Å². The van der Waals surface area contributed by atoms with Crippen LogP contribution in [-0.2, 0) is 29.0 Å². The summed E-state index contributed by atoms with van der Waals surface area (Å²) in [5.41, 5.74) is -1.81. The summed E-state index contributed by atoms with van der Waals surface area (Å²) in [7, 11) is -3.38. The van der Waals surface area contributed by atoms with Gasteiger partial charge in [0.25, 0.3) is 5.91 Å². The van der Waals surface area contributed by atoms with E-state index in [1.165, 1.54) is 0 Å². The molecule has 5 rings (SSSR count). The van der Waals surface area contributed by atoms with Gasteiger partial charge in [-0.2, -0.15) is 0 Å². The number of Topliss-reactive ketones (excluding diaryl/α,β-unsaturated/α-hetero) is 1. The minimum Gasteiger partial charge on any atom is -0.347 e. The maximum atomic E-state index is 14.5. The highest BCUT2D eigenvalue weighted by Crippen LogP contribution is 2.65. The van der Waals surface area contributed by atoms with E-state index in [9.17, 15) is 32.4 Å². The molecule has 0 radical (unpaired) electrons. The highest BCUT2D eigenvalue weighted by molar-refractivity contribution is 7.92. The van der Waals surface area contributed by atoms with E-state index in [1.807, 2.05) is 27.7 Å². The molecular formula is C35H57N5O7S. The Morgan fingerprint density at radius 2 is 1.58 bits per heavy atom. The second-order valence-corrected chi connectivity index (χ2v) is 19.1. The van der Waals surface area contributed by atoms with E-state index >= 15 is 0 Å². The van der Waals surface area contributed by atoms with Crippen LogP contribution in [0, 0.1) is 22.7 Å². The van der Waals surface area contributed by atoms with Crippen LogP contribution in [-0.4, -0.2) is 90.1 Å².